The maximum absolute atomic E-state index is 11.9. The average molecular weight is 267 g/mol. The van der Waals surface area contributed by atoms with E-state index < -0.39 is 5.41 Å². The molecule has 4 heteroatoms. The Hall–Kier alpha value is -1.06. The molecule has 0 spiro atoms. The third-order valence-corrected chi connectivity index (χ3v) is 3.99. The molecule has 1 unspecified atom stereocenters. The van der Waals surface area contributed by atoms with Gasteiger partial charge >= 0.3 is 0 Å². The first kappa shape index (κ1) is 13.4. The minimum absolute atomic E-state index is 0.0188. The van der Waals surface area contributed by atoms with Gasteiger partial charge in [0.15, 0.2) is 0 Å². The van der Waals surface area contributed by atoms with Gasteiger partial charge in [-0.2, -0.15) is 0 Å². The van der Waals surface area contributed by atoms with Crippen LogP contribution in [0.3, 0.4) is 0 Å². The van der Waals surface area contributed by atoms with Crippen molar-refractivity contribution in [2.45, 2.75) is 39.2 Å². The lowest BCUT2D eigenvalue weighted by molar-refractivity contribution is -0.119. The molecule has 1 aliphatic rings. The fourth-order valence-electron chi connectivity index (χ4n) is 2.22. The molecule has 3 N–H and O–H groups in total. The quantitative estimate of drug-likeness (QED) is 0.864. The molecule has 98 valence electrons. The average Bonchev–Trinajstić information content (AvgIpc) is 2.51. The van der Waals surface area contributed by atoms with Gasteiger partial charge in [-0.15, -0.1) is 0 Å². The van der Waals surface area contributed by atoms with E-state index in [4.69, 9.17) is 17.3 Å². The normalized spacial score (nSPS) is 18.7. The number of nitrogens with one attached hydrogen (secondary N) is 1. The fraction of sp³-hybridized carbons (Fsp3) is 0.500. The van der Waals surface area contributed by atoms with Gasteiger partial charge < -0.3 is 11.1 Å². The van der Waals surface area contributed by atoms with Crippen LogP contribution in [0.4, 0.5) is 5.69 Å². The van der Waals surface area contributed by atoms with Gasteiger partial charge in [-0.1, -0.05) is 31.5 Å². The molecule has 0 fully saturated rings. The van der Waals surface area contributed by atoms with Crippen LogP contribution < -0.4 is 11.1 Å². The van der Waals surface area contributed by atoms with Crippen molar-refractivity contribution in [3.05, 3.63) is 28.3 Å². The number of halogens is 1. The number of fused-ring (bicyclic) bond motifs is 1. The van der Waals surface area contributed by atoms with E-state index in [1.54, 1.807) is 0 Å². The van der Waals surface area contributed by atoms with Crippen LogP contribution in [0.1, 0.15) is 44.9 Å². The second-order valence-corrected chi connectivity index (χ2v) is 6.18. The van der Waals surface area contributed by atoms with Gasteiger partial charge in [0.2, 0.25) is 5.91 Å². The van der Waals surface area contributed by atoms with E-state index in [0.29, 0.717) is 10.9 Å². The third kappa shape index (κ3) is 1.91. The molecular formula is C14H19ClN2O. The van der Waals surface area contributed by atoms with E-state index in [2.05, 4.69) is 19.2 Å². The summed E-state index contributed by atoms with van der Waals surface area (Å²) in [5.41, 5.74) is 8.26. The first-order chi connectivity index (χ1) is 8.25. The van der Waals surface area contributed by atoms with E-state index in [0.717, 1.165) is 16.8 Å². The number of carbonyl (C=O) groups is 1. The summed E-state index contributed by atoms with van der Waals surface area (Å²) >= 11 is 6.25. The van der Waals surface area contributed by atoms with Crippen molar-refractivity contribution >= 4 is 23.2 Å². The molecule has 2 rings (SSSR count). The number of benzene rings is 1. The van der Waals surface area contributed by atoms with E-state index in [1.165, 1.54) is 0 Å². The van der Waals surface area contributed by atoms with Crippen molar-refractivity contribution in [3.8, 4) is 0 Å². The highest BCUT2D eigenvalue weighted by Crippen LogP contribution is 2.43. The van der Waals surface area contributed by atoms with E-state index >= 15 is 0 Å². The highest BCUT2D eigenvalue weighted by Gasteiger charge is 2.40. The molecule has 1 amide bonds. The minimum atomic E-state index is -0.550. The second kappa shape index (κ2) is 4.25. The molecule has 0 bridgehead atoms. The Labute approximate surface area is 113 Å². The summed E-state index contributed by atoms with van der Waals surface area (Å²) in [5.74, 6) is 0.307. The fourth-order valence-corrected chi connectivity index (χ4v) is 2.49. The van der Waals surface area contributed by atoms with E-state index in [9.17, 15) is 4.79 Å². The Morgan fingerprint density at radius 1 is 1.33 bits per heavy atom. The molecule has 1 aromatic rings. The summed E-state index contributed by atoms with van der Waals surface area (Å²) in [6.07, 6.45) is 0. The minimum Gasteiger partial charge on any atom is -0.324 e. The molecule has 0 saturated carbocycles. The van der Waals surface area contributed by atoms with Crippen LogP contribution >= 0.6 is 11.6 Å². The summed E-state index contributed by atoms with van der Waals surface area (Å²) in [5, 5.41) is 3.41. The van der Waals surface area contributed by atoms with Crippen molar-refractivity contribution in [1.29, 1.82) is 0 Å². The highest BCUT2D eigenvalue weighted by atomic mass is 35.5. The van der Waals surface area contributed by atoms with Crippen LogP contribution in [-0.4, -0.2) is 5.91 Å². The van der Waals surface area contributed by atoms with Crippen LogP contribution in [0.15, 0.2) is 12.1 Å². The number of carbonyl (C=O) groups excluding carboxylic acids is 1. The zero-order valence-electron chi connectivity index (χ0n) is 11.2. The van der Waals surface area contributed by atoms with E-state index in [1.807, 2.05) is 26.0 Å². The largest absolute Gasteiger partial charge is 0.324 e. The van der Waals surface area contributed by atoms with Crippen LogP contribution in [0.25, 0.3) is 0 Å². The lowest BCUT2D eigenvalue weighted by Gasteiger charge is -2.20. The number of hydrogen-bond donors (Lipinski definition) is 2. The zero-order valence-corrected chi connectivity index (χ0v) is 11.9. The lowest BCUT2D eigenvalue weighted by atomic mass is 9.84. The van der Waals surface area contributed by atoms with Crippen molar-refractivity contribution < 1.29 is 4.79 Å². The SMILES string of the molecule is CC(C)C(N)c1cc(Cl)c2c(c1)C(C)(C)C(=O)N2. The molecule has 0 aromatic heterocycles. The molecule has 1 atom stereocenters. The molecule has 18 heavy (non-hydrogen) atoms. The Morgan fingerprint density at radius 3 is 2.50 bits per heavy atom. The predicted octanol–water partition coefficient (Wildman–Crippen LogP) is 3.23. The topological polar surface area (TPSA) is 55.1 Å². The highest BCUT2D eigenvalue weighted by molar-refractivity contribution is 6.35. The Kier molecular flexibility index (Phi) is 3.16. The number of nitrogens with two attached hydrogens (primary N) is 1. The van der Waals surface area contributed by atoms with Crippen molar-refractivity contribution in [3.63, 3.8) is 0 Å². The molecule has 1 aliphatic heterocycles. The Bertz CT molecular complexity index is 509. The smallest absolute Gasteiger partial charge is 0.234 e. The lowest BCUT2D eigenvalue weighted by Crippen LogP contribution is -2.27. The molecule has 0 aliphatic carbocycles. The molecular weight excluding hydrogens is 248 g/mol. The summed E-state index contributed by atoms with van der Waals surface area (Å²) < 4.78 is 0. The van der Waals surface area contributed by atoms with Crippen molar-refractivity contribution in [1.82, 2.24) is 0 Å². The monoisotopic (exact) mass is 266 g/mol. The van der Waals surface area contributed by atoms with Gasteiger partial charge in [-0.25, -0.2) is 0 Å². The number of amides is 1. The van der Waals surface area contributed by atoms with Crippen LogP contribution in [-0.2, 0) is 10.2 Å². The summed E-state index contributed by atoms with van der Waals surface area (Å²) in [7, 11) is 0. The maximum Gasteiger partial charge on any atom is 0.234 e. The van der Waals surface area contributed by atoms with Gasteiger partial charge in [-0.05, 0) is 37.0 Å². The number of hydrogen-bond acceptors (Lipinski definition) is 2. The van der Waals surface area contributed by atoms with Gasteiger partial charge in [0, 0.05) is 6.04 Å². The van der Waals surface area contributed by atoms with E-state index in [-0.39, 0.29) is 11.9 Å². The first-order valence-corrected chi connectivity index (χ1v) is 6.54. The van der Waals surface area contributed by atoms with Crippen LogP contribution in [0.5, 0.6) is 0 Å². The third-order valence-electron chi connectivity index (χ3n) is 3.70. The molecule has 3 nitrogen and oxygen atoms in total. The maximum atomic E-state index is 11.9. The first-order valence-electron chi connectivity index (χ1n) is 6.16. The van der Waals surface area contributed by atoms with Crippen molar-refractivity contribution in [2.75, 3.05) is 5.32 Å². The molecule has 1 aromatic carbocycles. The van der Waals surface area contributed by atoms with Gasteiger partial charge in [-0.3, -0.25) is 4.79 Å². The Balaban J connectivity index is 2.56. The molecule has 0 radical (unpaired) electrons. The Morgan fingerprint density at radius 2 is 1.94 bits per heavy atom. The van der Waals surface area contributed by atoms with Crippen LogP contribution in [0.2, 0.25) is 5.02 Å². The van der Waals surface area contributed by atoms with Gasteiger partial charge in [0.05, 0.1) is 16.1 Å². The summed E-state index contributed by atoms with van der Waals surface area (Å²) in [6.45, 7) is 7.94. The number of rotatable bonds is 2. The van der Waals surface area contributed by atoms with Crippen LogP contribution in [0, 0.1) is 5.92 Å². The second-order valence-electron chi connectivity index (χ2n) is 5.77. The molecule has 0 saturated heterocycles. The molecule has 1 heterocycles. The summed E-state index contributed by atoms with van der Waals surface area (Å²) in [6, 6.07) is 3.79. The van der Waals surface area contributed by atoms with Crippen molar-refractivity contribution in [2.24, 2.45) is 11.7 Å². The summed E-state index contributed by atoms with van der Waals surface area (Å²) in [4.78, 5) is 11.9. The standard InChI is InChI=1S/C14H19ClN2O/c1-7(2)11(16)8-5-9-12(10(15)6-8)17-13(18)14(9,3)4/h5-7,11H,16H2,1-4H3,(H,17,18). The van der Waals surface area contributed by atoms with Gasteiger partial charge in [0.1, 0.15) is 0 Å². The zero-order chi connectivity index (χ0) is 13.7. The van der Waals surface area contributed by atoms with Gasteiger partial charge in [0.25, 0.3) is 0 Å². The number of anilines is 1. The predicted molar refractivity (Wildman–Crippen MR) is 74.9 cm³/mol.